The molecule has 0 amide bonds. The van der Waals surface area contributed by atoms with Gasteiger partial charge in [0.15, 0.2) is 0 Å². The molecule has 0 bridgehead atoms. The Bertz CT molecular complexity index is 87.1. The van der Waals surface area contributed by atoms with E-state index in [0.717, 1.165) is 0 Å². The molecule has 0 atom stereocenters. The smallest absolute Gasteiger partial charge is 0.258 e. The number of nitrogens with zero attached hydrogens (tertiary/aromatic N) is 1. The molecular formula is C6H16F2N2S. The highest BCUT2D eigenvalue weighted by molar-refractivity contribution is 7.75. The average Bonchev–Trinajstić information content (AvgIpc) is 1.90. The zero-order valence-electron chi connectivity index (χ0n) is 7.23. The molecule has 0 aromatic heterocycles. The Labute approximate surface area is 70.1 Å². The van der Waals surface area contributed by atoms with E-state index in [9.17, 15) is 7.77 Å². The fourth-order valence-electron chi connectivity index (χ4n) is 0.671. The third kappa shape index (κ3) is 17.8. The van der Waals surface area contributed by atoms with Gasteiger partial charge in [0.25, 0.3) is 11.5 Å². The predicted molar refractivity (Wildman–Crippen MR) is 45.8 cm³/mol. The SMILES string of the molecule is CCN(CC)CC.N=S(F)F. The van der Waals surface area contributed by atoms with Crippen LogP contribution in [0.5, 0.6) is 0 Å². The summed E-state index contributed by atoms with van der Waals surface area (Å²) in [6, 6.07) is 0. The van der Waals surface area contributed by atoms with Crippen LogP contribution in [0.15, 0.2) is 0 Å². The molecule has 2 nitrogen and oxygen atoms in total. The molecule has 0 saturated heterocycles. The van der Waals surface area contributed by atoms with Crippen molar-refractivity contribution in [2.45, 2.75) is 20.8 Å². The minimum atomic E-state index is -3.11. The Kier molecular flexibility index (Phi) is 12.3. The maximum atomic E-state index is 10.0. The van der Waals surface area contributed by atoms with Gasteiger partial charge in [0.05, 0.1) is 0 Å². The van der Waals surface area contributed by atoms with Gasteiger partial charge in [-0.1, -0.05) is 20.8 Å². The van der Waals surface area contributed by atoms with E-state index < -0.39 is 11.5 Å². The van der Waals surface area contributed by atoms with Crippen molar-refractivity contribution in [2.24, 2.45) is 0 Å². The third-order valence-electron chi connectivity index (χ3n) is 1.34. The van der Waals surface area contributed by atoms with Crippen LogP contribution in [-0.4, -0.2) is 24.5 Å². The standard InChI is InChI=1S/C6H15N.F2HNS/c1-4-7(5-2)6-3;1-4(2)3/h4-6H2,1-3H3;3H. The van der Waals surface area contributed by atoms with Gasteiger partial charge >= 0.3 is 0 Å². The summed E-state index contributed by atoms with van der Waals surface area (Å²) in [5.41, 5.74) is 0. The number of rotatable bonds is 3. The van der Waals surface area contributed by atoms with Crippen molar-refractivity contribution in [3.63, 3.8) is 0 Å². The van der Waals surface area contributed by atoms with Crippen LogP contribution in [0.25, 0.3) is 0 Å². The molecule has 0 radical (unpaired) electrons. The molecule has 0 aliphatic rings. The minimum absolute atomic E-state index is 1.19. The van der Waals surface area contributed by atoms with Crippen LogP contribution in [0, 0.1) is 4.78 Å². The predicted octanol–water partition coefficient (Wildman–Crippen LogP) is 2.48. The normalized spacial score (nSPS) is 9.73. The summed E-state index contributed by atoms with van der Waals surface area (Å²) < 4.78 is 25.3. The first kappa shape index (κ1) is 13.6. The molecule has 1 N–H and O–H groups in total. The Morgan fingerprint density at radius 2 is 1.27 bits per heavy atom. The van der Waals surface area contributed by atoms with Crippen LogP contribution in [0.4, 0.5) is 7.77 Å². The lowest BCUT2D eigenvalue weighted by Crippen LogP contribution is -2.21. The lowest BCUT2D eigenvalue weighted by Gasteiger charge is -2.13. The molecule has 0 aromatic carbocycles. The largest absolute Gasteiger partial charge is 0.304 e. The van der Waals surface area contributed by atoms with Crippen molar-refractivity contribution >= 4 is 11.5 Å². The van der Waals surface area contributed by atoms with Crippen molar-refractivity contribution in [1.82, 2.24) is 4.90 Å². The summed E-state index contributed by atoms with van der Waals surface area (Å²) in [6.45, 7) is 10.1. The summed E-state index contributed by atoms with van der Waals surface area (Å²) in [4.78, 5) is 2.38. The van der Waals surface area contributed by atoms with E-state index in [1.54, 1.807) is 0 Å². The first-order valence-corrected chi connectivity index (χ1v) is 4.61. The van der Waals surface area contributed by atoms with Crippen molar-refractivity contribution < 1.29 is 7.77 Å². The second-order valence-electron chi connectivity index (χ2n) is 1.83. The second-order valence-corrected chi connectivity index (χ2v) is 2.26. The molecular weight excluding hydrogens is 170 g/mol. The monoisotopic (exact) mass is 186 g/mol. The summed E-state index contributed by atoms with van der Waals surface area (Å²) in [7, 11) is 0. The Morgan fingerprint density at radius 3 is 1.27 bits per heavy atom. The quantitative estimate of drug-likeness (QED) is 0.720. The van der Waals surface area contributed by atoms with Crippen LogP contribution >= 0.6 is 0 Å². The Hall–Kier alpha value is -0.0300. The first-order valence-electron chi connectivity index (χ1n) is 3.58. The van der Waals surface area contributed by atoms with E-state index >= 15 is 0 Å². The summed E-state index contributed by atoms with van der Waals surface area (Å²) in [5.74, 6) is 0. The van der Waals surface area contributed by atoms with Crippen LogP contribution in [0.2, 0.25) is 0 Å². The van der Waals surface area contributed by atoms with Crippen molar-refractivity contribution in [3.05, 3.63) is 0 Å². The summed E-state index contributed by atoms with van der Waals surface area (Å²) in [5, 5.41) is 0. The van der Waals surface area contributed by atoms with E-state index in [1.807, 2.05) is 0 Å². The summed E-state index contributed by atoms with van der Waals surface area (Å²) in [6.07, 6.45) is 0. The highest BCUT2D eigenvalue weighted by Gasteiger charge is 1.89. The average molecular weight is 186 g/mol. The van der Waals surface area contributed by atoms with Crippen LogP contribution in [-0.2, 0) is 11.5 Å². The van der Waals surface area contributed by atoms with Crippen LogP contribution < -0.4 is 0 Å². The molecule has 0 fully saturated rings. The lowest BCUT2D eigenvalue weighted by molar-refractivity contribution is 0.321. The maximum absolute atomic E-state index is 10.0. The lowest BCUT2D eigenvalue weighted by atomic mass is 10.5. The molecule has 0 heterocycles. The van der Waals surface area contributed by atoms with E-state index in [0.29, 0.717) is 0 Å². The molecule has 0 spiro atoms. The van der Waals surface area contributed by atoms with Crippen LogP contribution in [0.1, 0.15) is 20.8 Å². The van der Waals surface area contributed by atoms with Gasteiger partial charge in [0, 0.05) is 0 Å². The molecule has 5 heteroatoms. The third-order valence-corrected chi connectivity index (χ3v) is 1.34. The molecule has 70 valence electrons. The molecule has 0 aliphatic carbocycles. The first-order chi connectivity index (χ1) is 5.08. The van der Waals surface area contributed by atoms with E-state index in [1.165, 1.54) is 19.6 Å². The molecule has 11 heavy (non-hydrogen) atoms. The fraction of sp³-hybridized carbons (Fsp3) is 1.00. The van der Waals surface area contributed by atoms with Gasteiger partial charge in [-0.3, -0.25) is 0 Å². The van der Waals surface area contributed by atoms with Gasteiger partial charge in [0.1, 0.15) is 0 Å². The van der Waals surface area contributed by atoms with Crippen molar-refractivity contribution in [3.8, 4) is 0 Å². The topological polar surface area (TPSA) is 27.1 Å². The molecule has 0 aliphatic heterocycles. The molecule has 0 rings (SSSR count). The Balaban J connectivity index is 0. The molecule has 0 aromatic rings. The maximum Gasteiger partial charge on any atom is 0.258 e. The van der Waals surface area contributed by atoms with Gasteiger partial charge in [-0.15, -0.1) is 7.77 Å². The number of nitrogens with one attached hydrogen (secondary N) is 1. The minimum Gasteiger partial charge on any atom is -0.304 e. The number of hydrogen-bond donors (Lipinski definition) is 1. The number of hydrogen-bond acceptors (Lipinski definition) is 2. The van der Waals surface area contributed by atoms with Crippen molar-refractivity contribution in [2.75, 3.05) is 19.6 Å². The highest BCUT2D eigenvalue weighted by atomic mass is 32.2. The van der Waals surface area contributed by atoms with E-state index in [-0.39, 0.29) is 0 Å². The van der Waals surface area contributed by atoms with Gasteiger partial charge in [0.2, 0.25) is 0 Å². The Morgan fingerprint density at radius 1 is 1.09 bits per heavy atom. The molecule has 0 unspecified atom stereocenters. The number of halogens is 2. The van der Waals surface area contributed by atoms with Crippen LogP contribution in [0.3, 0.4) is 0 Å². The summed E-state index contributed by atoms with van der Waals surface area (Å²) >= 11 is -3.11. The zero-order chi connectivity index (χ0) is 9.28. The highest BCUT2D eigenvalue weighted by Crippen LogP contribution is 1.81. The van der Waals surface area contributed by atoms with Gasteiger partial charge in [-0.25, -0.2) is 4.78 Å². The van der Waals surface area contributed by atoms with Gasteiger partial charge in [-0.05, 0) is 19.6 Å². The van der Waals surface area contributed by atoms with Gasteiger partial charge in [-0.2, -0.15) is 0 Å². The van der Waals surface area contributed by atoms with Gasteiger partial charge < -0.3 is 4.90 Å². The molecule has 0 saturated carbocycles. The van der Waals surface area contributed by atoms with E-state index in [4.69, 9.17) is 4.78 Å². The van der Waals surface area contributed by atoms with Crippen molar-refractivity contribution in [1.29, 1.82) is 4.78 Å². The second kappa shape index (κ2) is 9.97. The van der Waals surface area contributed by atoms with E-state index in [2.05, 4.69) is 25.7 Å². The zero-order valence-corrected chi connectivity index (χ0v) is 8.05. The fourth-order valence-corrected chi connectivity index (χ4v) is 0.671.